The molecule has 0 saturated carbocycles. The molecule has 1 aliphatic rings. The molecule has 4 heteroatoms. The van der Waals surface area contributed by atoms with Crippen LogP contribution in [0.3, 0.4) is 0 Å². The maximum Gasteiger partial charge on any atom is 0.190 e. The maximum atomic E-state index is 13.0. The van der Waals surface area contributed by atoms with E-state index in [9.17, 15) is 14.4 Å². The van der Waals surface area contributed by atoms with Crippen molar-refractivity contribution in [2.24, 2.45) is 5.41 Å². The number of nitriles is 1. The van der Waals surface area contributed by atoms with Crippen molar-refractivity contribution in [3.63, 3.8) is 0 Å². The molecule has 1 atom stereocenters. The SMILES string of the molecule is N#C[C@@]1(Cc2ccc(F)cc2)COc2ccccc2C1=O. The fraction of sp³-hybridized carbons (Fsp3) is 0.176. The van der Waals surface area contributed by atoms with Crippen molar-refractivity contribution in [3.8, 4) is 11.8 Å². The van der Waals surface area contributed by atoms with Crippen molar-refractivity contribution < 1.29 is 13.9 Å². The summed E-state index contributed by atoms with van der Waals surface area (Å²) in [6.07, 6.45) is 0.205. The van der Waals surface area contributed by atoms with Gasteiger partial charge in [-0.25, -0.2) is 4.39 Å². The van der Waals surface area contributed by atoms with Crippen LogP contribution in [0.2, 0.25) is 0 Å². The molecule has 0 spiro atoms. The third-order valence-corrected chi connectivity index (χ3v) is 3.67. The van der Waals surface area contributed by atoms with Crippen molar-refractivity contribution in [2.45, 2.75) is 6.42 Å². The van der Waals surface area contributed by atoms with Crippen LogP contribution >= 0.6 is 0 Å². The van der Waals surface area contributed by atoms with E-state index < -0.39 is 5.41 Å². The van der Waals surface area contributed by atoms with Crippen molar-refractivity contribution >= 4 is 5.78 Å². The van der Waals surface area contributed by atoms with Crippen LogP contribution in [0.5, 0.6) is 5.75 Å². The number of Topliss-reactive ketones (excluding diaryl/α,β-unsaturated/α-hetero) is 1. The van der Waals surface area contributed by atoms with Crippen LogP contribution in [0.4, 0.5) is 4.39 Å². The van der Waals surface area contributed by atoms with Gasteiger partial charge >= 0.3 is 0 Å². The Hall–Kier alpha value is -2.67. The number of fused-ring (bicyclic) bond motifs is 1. The first kappa shape index (κ1) is 13.3. The molecule has 0 saturated heterocycles. The average molecular weight is 281 g/mol. The van der Waals surface area contributed by atoms with Crippen LogP contribution in [0, 0.1) is 22.6 Å². The number of benzene rings is 2. The fourth-order valence-corrected chi connectivity index (χ4v) is 2.51. The number of hydrogen-bond donors (Lipinski definition) is 0. The molecule has 104 valence electrons. The Labute approximate surface area is 121 Å². The minimum atomic E-state index is -1.26. The summed E-state index contributed by atoms with van der Waals surface area (Å²) in [6.45, 7) is 0.0106. The monoisotopic (exact) mass is 281 g/mol. The molecule has 0 aliphatic carbocycles. The summed E-state index contributed by atoms with van der Waals surface area (Å²) in [7, 11) is 0. The van der Waals surface area contributed by atoms with Crippen LogP contribution in [-0.4, -0.2) is 12.4 Å². The molecule has 0 aromatic heterocycles. The minimum absolute atomic E-state index is 0.0106. The van der Waals surface area contributed by atoms with E-state index in [0.29, 0.717) is 11.3 Å². The van der Waals surface area contributed by atoms with Gasteiger partial charge in [0.1, 0.15) is 18.2 Å². The summed E-state index contributed by atoms with van der Waals surface area (Å²) in [5.74, 6) is -0.0787. The van der Waals surface area contributed by atoms with Gasteiger partial charge in [0.15, 0.2) is 11.2 Å². The van der Waals surface area contributed by atoms with E-state index in [4.69, 9.17) is 4.74 Å². The first-order valence-corrected chi connectivity index (χ1v) is 6.57. The Balaban J connectivity index is 1.97. The predicted molar refractivity (Wildman–Crippen MR) is 74.4 cm³/mol. The second kappa shape index (κ2) is 5.02. The highest BCUT2D eigenvalue weighted by atomic mass is 19.1. The van der Waals surface area contributed by atoms with Gasteiger partial charge in [-0.2, -0.15) is 5.26 Å². The summed E-state index contributed by atoms with van der Waals surface area (Å²) in [5, 5.41) is 9.53. The molecule has 21 heavy (non-hydrogen) atoms. The Bertz CT molecular complexity index is 733. The van der Waals surface area contributed by atoms with Gasteiger partial charge in [0.05, 0.1) is 11.6 Å². The smallest absolute Gasteiger partial charge is 0.190 e. The number of ether oxygens (including phenoxy) is 1. The average Bonchev–Trinajstić information content (AvgIpc) is 2.53. The molecule has 0 unspecified atom stereocenters. The van der Waals surface area contributed by atoms with Gasteiger partial charge in [0.25, 0.3) is 0 Å². The Morgan fingerprint density at radius 1 is 1.19 bits per heavy atom. The summed E-state index contributed by atoms with van der Waals surface area (Å²) in [6, 6.07) is 14.8. The van der Waals surface area contributed by atoms with Crippen molar-refractivity contribution in [1.82, 2.24) is 0 Å². The number of nitrogens with zero attached hydrogens (tertiary/aromatic N) is 1. The molecule has 3 rings (SSSR count). The molecule has 2 aromatic carbocycles. The third kappa shape index (κ3) is 2.27. The van der Waals surface area contributed by atoms with Gasteiger partial charge in [-0.1, -0.05) is 24.3 Å². The van der Waals surface area contributed by atoms with E-state index in [1.807, 2.05) is 0 Å². The van der Waals surface area contributed by atoms with Gasteiger partial charge < -0.3 is 4.74 Å². The molecule has 3 nitrogen and oxygen atoms in total. The molecule has 0 bridgehead atoms. The first-order chi connectivity index (χ1) is 10.1. The molecule has 0 fully saturated rings. The highest BCUT2D eigenvalue weighted by molar-refractivity contribution is 6.05. The third-order valence-electron chi connectivity index (χ3n) is 3.67. The van der Waals surface area contributed by atoms with Crippen molar-refractivity contribution in [2.75, 3.05) is 6.61 Å². The second-order valence-electron chi connectivity index (χ2n) is 5.11. The quantitative estimate of drug-likeness (QED) is 0.849. The van der Waals surface area contributed by atoms with Gasteiger partial charge in [-0.15, -0.1) is 0 Å². The van der Waals surface area contributed by atoms with Crippen LogP contribution < -0.4 is 4.74 Å². The molecular weight excluding hydrogens is 269 g/mol. The van der Waals surface area contributed by atoms with E-state index in [2.05, 4.69) is 6.07 Å². The van der Waals surface area contributed by atoms with E-state index in [-0.39, 0.29) is 24.6 Å². The van der Waals surface area contributed by atoms with Gasteiger partial charge in [0.2, 0.25) is 0 Å². The lowest BCUT2D eigenvalue weighted by molar-refractivity contribution is 0.0728. The first-order valence-electron chi connectivity index (χ1n) is 6.57. The highest BCUT2D eigenvalue weighted by Gasteiger charge is 2.44. The summed E-state index contributed by atoms with van der Waals surface area (Å²) in [4.78, 5) is 12.7. The fourth-order valence-electron chi connectivity index (χ4n) is 2.51. The van der Waals surface area contributed by atoms with Crippen LogP contribution in [0.15, 0.2) is 48.5 Å². The lowest BCUT2D eigenvalue weighted by Gasteiger charge is -2.30. The summed E-state index contributed by atoms with van der Waals surface area (Å²) >= 11 is 0. The number of rotatable bonds is 2. The molecule has 0 amide bonds. The molecule has 1 heterocycles. The number of halogens is 1. The lowest BCUT2D eigenvalue weighted by Crippen LogP contribution is -2.41. The van der Waals surface area contributed by atoms with Crippen LogP contribution in [0.1, 0.15) is 15.9 Å². The molecule has 2 aromatic rings. The zero-order chi connectivity index (χ0) is 14.9. The molecule has 0 radical (unpaired) electrons. The van der Waals surface area contributed by atoms with E-state index >= 15 is 0 Å². The summed E-state index contributed by atoms with van der Waals surface area (Å²) in [5.41, 5.74) is -0.103. The molecule has 0 N–H and O–H groups in total. The molecule has 1 aliphatic heterocycles. The summed E-state index contributed by atoms with van der Waals surface area (Å²) < 4.78 is 18.5. The minimum Gasteiger partial charge on any atom is -0.491 e. The predicted octanol–water partition coefficient (Wildman–Crippen LogP) is 3.15. The number of carbonyl (C=O) groups excluding carboxylic acids is 1. The highest BCUT2D eigenvalue weighted by Crippen LogP contribution is 2.36. The zero-order valence-corrected chi connectivity index (χ0v) is 11.2. The second-order valence-corrected chi connectivity index (χ2v) is 5.11. The maximum absolute atomic E-state index is 13.0. The number of carbonyl (C=O) groups is 1. The van der Waals surface area contributed by atoms with Crippen molar-refractivity contribution in [3.05, 3.63) is 65.5 Å². The van der Waals surface area contributed by atoms with Crippen molar-refractivity contribution in [1.29, 1.82) is 5.26 Å². The van der Waals surface area contributed by atoms with E-state index in [0.717, 1.165) is 5.56 Å². The topological polar surface area (TPSA) is 50.1 Å². The molecular formula is C17H12FNO2. The van der Waals surface area contributed by atoms with E-state index in [1.165, 1.54) is 12.1 Å². The van der Waals surface area contributed by atoms with Gasteiger partial charge in [-0.05, 0) is 29.8 Å². The lowest BCUT2D eigenvalue weighted by atomic mass is 9.76. The van der Waals surface area contributed by atoms with Crippen LogP contribution in [-0.2, 0) is 6.42 Å². The number of ketones is 1. The normalized spacial score (nSPS) is 20.3. The Morgan fingerprint density at radius 2 is 1.90 bits per heavy atom. The van der Waals surface area contributed by atoms with Gasteiger partial charge in [0, 0.05) is 6.42 Å². The van der Waals surface area contributed by atoms with E-state index in [1.54, 1.807) is 36.4 Å². The standard InChI is InChI=1S/C17H12FNO2/c18-13-7-5-12(6-8-13)9-17(10-19)11-21-15-4-2-1-3-14(15)16(17)20/h1-8H,9,11H2/t17-/m0/s1. The van der Waals surface area contributed by atoms with Crippen LogP contribution in [0.25, 0.3) is 0 Å². The Morgan fingerprint density at radius 3 is 2.62 bits per heavy atom. The number of hydrogen-bond acceptors (Lipinski definition) is 3. The number of para-hydroxylation sites is 1. The van der Waals surface area contributed by atoms with Gasteiger partial charge in [-0.3, -0.25) is 4.79 Å². The Kier molecular flexibility index (Phi) is 3.19. The largest absolute Gasteiger partial charge is 0.491 e. The zero-order valence-electron chi connectivity index (χ0n) is 11.2.